The van der Waals surface area contributed by atoms with Gasteiger partial charge in [0.2, 0.25) is 5.91 Å². The van der Waals surface area contributed by atoms with Crippen LogP contribution in [0.5, 0.6) is 0 Å². The Kier molecular flexibility index (Phi) is 8.91. The first-order chi connectivity index (χ1) is 10.6. The summed E-state index contributed by atoms with van der Waals surface area (Å²) in [6.45, 7) is 2.66. The van der Waals surface area contributed by atoms with Crippen molar-refractivity contribution < 1.29 is 14.3 Å². The third-order valence-electron chi connectivity index (χ3n) is 3.39. The van der Waals surface area contributed by atoms with Crippen LogP contribution in [0.25, 0.3) is 0 Å². The lowest BCUT2D eigenvalue weighted by molar-refractivity contribution is -0.141. The molecule has 0 aromatic heterocycles. The molecule has 0 fully saturated rings. The predicted molar refractivity (Wildman–Crippen MR) is 86.2 cm³/mol. The summed E-state index contributed by atoms with van der Waals surface area (Å²) in [6, 6.07) is 9.52. The first kappa shape index (κ1) is 18.2. The maximum absolute atomic E-state index is 11.5. The highest BCUT2D eigenvalue weighted by molar-refractivity contribution is 5.80. The molecule has 0 spiro atoms. The quantitative estimate of drug-likeness (QED) is 0.482. The van der Waals surface area contributed by atoms with E-state index in [-0.39, 0.29) is 17.9 Å². The maximum atomic E-state index is 11.5. The number of carbonyl (C=O) groups excluding carboxylic acids is 2. The van der Waals surface area contributed by atoms with Gasteiger partial charge in [0, 0.05) is 6.92 Å². The monoisotopic (exact) mass is 306 g/mol. The van der Waals surface area contributed by atoms with Gasteiger partial charge < -0.3 is 15.8 Å². The molecule has 0 heterocycles. The number of benzene rings is 1. The van der Waals surface area contributed by atoms with E-state index in [1.165, 1.54) is 6.92 Å². The highest BCUT2D eigenvalue weighted by atomic mass is 16.5. The molecule has 0 aliphatic carbocycles. The average molecular weight is 306 g/mol. The fraction of sp³-hybridized carbons (Fsp3) is 0.529. The van der Waals surface area contributed by atoms with Crippen LogP contribution in [-0.2, 0) is 20.7 Å². The van der Waals surface area contributed by atoms with E-state index < -0.39 is 0 Å². The van der Waals surface area contributed by atoms with Crippen LogP contribution >= 0.6 is 0 Å². The van der Waals surface area contributed by atoms with Gasteiger partial charge in [0.15, 0.2) is 0 Å². The Labute approximate surface area is 132 Å². The van der Waals surface area contributed by atoms with Crippen molar-refractivity contribution in [1.82, 2.24) is 5.32 Å². The number of amides is 1. The number of carbonyl (C=O) groups is 2. The SMILES string of the molecule is CC(=O)OCCCCCCN[C@@H](Cc1ccccc1)C(N)=O. The number of hydrogen-bond donors (Lipinski definition) is 2. The fourth-order valence-electron chi connectivity index (χ4n) is 2.20. The van der Waals surface area contributed by atoms with Crippen LogP contribution in [0.4, 0.5) is 0 Å². The largest absolute Gasteiger partial charge is 0.466 e. The maximum Gasteiger partial charge on any atom is 0.302 e. The van der Waals surface area contributed by atoms with E-state index in [9.17, 15) is 9.59 Å². The summed E-state index contributed by atoms with van der Waals surface area (Å²) < 4.78 is 4.87. The average Bonchev–Trinajstić information content (AvgIpc) is 2.49. The Morgan fingerprint density at radius 1 is 1.14 bits per heavy atom. The third-order valence-corrected chi connectivity index (χ3v) is 3.39. The number of rotatable bonds is 11. The first-order valence-corrected chi connectivity index (χ1v) is 7.79. The van der Waals surface area contributed by atoms with E-state index in [0.717, 1.165) is 37.8 Å². The van der Waals surface area contributed by atoms with Crippen LogP contribution in [0.1, 0.15) is 38.2 Å². The second kappa shape index (κ2) is 10.8. The number of primary amides is 1. The van der Waals surface area contributed by atoms with Crippen LogP contribution in [-0.4, -0.2) is 31.1 Å². The molecule has 5 heteroatoms. The van der Waals surface area contributed by atoms with Crippen LogP contribution in [0.3, 0.4) is 0 Å². The molecule has 0 saturated heterocycles. The molecular weight excluding hydrogens is 280 g/mol. The second-order valence-corrected chi connectivity index (χ2v) is 5.35. The van der Waals surface area contributed by atoms with Crippen LogP contribution in [0.15, 0.2) is 30.3 Å². The Morgan fingerprint density at radius 3 is 2.45 bits per heavy atom. The molecule has 0 radical (unpaired) electrons. The topological polar surface area (TPSA) is 81.4 Å². The fourth-order valence-corrected chi connectivity index (χ4v) is 2.20. The zero-order valence-corrected chi connectivity index (χ0v) is 13.2. The predicted octanol–water partition coefficient (Wildman–Crippen LogP) is 1.80. The molecule has 0 bridgehead atoms. The molecule has 0 saturated carbocycles. The normalized spacial score (nSPS) is 11.9. The minimum absolute atomic E-state index is 0.230. The van der Waals surface area contributed by atoms with Crippen LogP contribution < -0.4 is 11.1 Å². The third kappa shape index (κ3) is 8.42. The molecule has 1 aromatic carbocycles. The van der Waals surface area contributed by atoms with Gasteiger partial charge in [-0.25, -0.2) is 0 Å². The molecule has 0 unspecified atom stereocenters. The molecule has 122 valence electrons. The standard InChI is InChI=1S/C17H26N2O3/c1-14(20)22-12-8-3-2-7-11-19-16(17(18)21)13-15-9-5-4-6-10-15/h4-6,9-10,16,19H,2-3,7-8,11-13H2,1H3,(H2,18,21)/t16-/m0/s1. The Morgan fingerprint density at radius 2 is 1.82 bits per heavy atom. The molecule has 1 aromatic rings. The van der Waals surface area contributed by atoms with E-state index in [4.69, 9.17) is 10.5 Å². The van der Waals surface area contributed by atoms with Gasteiger partial charge in [-0.15, -0.1) is 0 Å². The second-order valence-electron chi connectivity index (χ2n) is 5.35. The smallest absolute Gasteiger partial charge is 0.302 e. The summed E-state index contributed by atoms with van der Waals surface area (Å²) in [5, 5.41) is 3.22. The first-order valence-electron chi connectivity index (χ1n) is 7.79. The summed E-state index contributed by atoms with van der Waals surface area (Å²) in [5.41, 5.74) is 6.54. The van der Waals surface area contributed by atoms with Crippen molar-refractivity contribution >= 4 is 11.9 Å². The zero-order chi connectivity index (χ0) is 16.2. The van der Waals surface area contributed by atoms with Crippen molar-refractivity contribution in [1.29, 1.82) is 0 Å². The van der Waals surface area contributed by atoms with Gasteiger partial charge in [0.05, 0.1) is 12.6 Å². The molecule has 22 heavy (non-hydrogen) atoms. The van der Waals surface area contributed by atoms with E-state index in [1.807, 2.05) is 30.3 Å². The molecular formula is C17H26N2O3. The van der Waals surface area contributed by atoms with Gasteiger partial charge in [-0.05, 0) is 31.4 Å². The number of hydrogen-bond acceptors (Lipinski definition) is 4. The molecule has 5 nitrogen and oxygen atoms in total. The lowest BCUT2D eigenvalue weighted by Crippen LogP contribution is -2.43. The number of esters is 1. The van der Waals surface area contributed by atoms with E-state index in [0.29, 0.717) is 13.0 Å². The summed E-state index contributed by atoms with van der Waals surface area (Å²) in [5.74, 6) is -0.550. The molecule has 1 amide bonds. The molecule has 0 aliphatic rings. The van der Waals surface area contributed by atoms with Gasteiger partial charge in [0.1, 0.15) is 0 Å². The Hall–Kier alpha value is -1.88. The van der Waals surface area contributed by atoms with E-state index >= 15 is 0 Å². The lowest BCUT2D eigenvalue weighted by atomic mass is 10.1. The lowest BCUT2D eigenvalue weighted by Gasteiger charge is -2.15. The van der Waals surface area contributed by atoms with Gasteiger partial charge in [0.25, 0.3) is 0 Å². The van der Waals surface area contributed by atoms with Crippen molar-refractivity contribution in [2.24, 2.45) is 5.73 Å². The number of ether oxygens (including phenoxy) is 1. The minimum Gasteiger partial charge on any atom is -0.466 e. The number of nitrogens with one attached hydrogen (secondary N) is 1. The summed E-state index contributed by atoms with van der Waals surface area (Å²) >= 11 is 0. The van der Waals surface area contributed by atoms with Crippen molar-refractivity contribution in [2.45, 2.75) is 45.1 Å². The summed E-state index contributed by atoms with van der Waals surface area (Å²) in [6.07, 6.45) is 4.50. The Balaban J connectivity index is 2.14. The highest BCUT2D eigenvalue weighted by Crippen LogP contribution is 2.04. The Bertz CT molecular complexity index is 448. The number of unbranched alkanes of at least 4 members (excludes halogenated alkanes) is 3. The van der Waals surface area contributed by atoms with Crippen molar-refractivity contribution in [3.63, 3.8) is 0 Å². The van der Waals surface area contributed by atoms with E-state index in [2.05, 4.69) is 5.32 Å². The minimum atomic E-state index is -0.330. The van der Waals surface area contributed by atoms with Crippen molar-refractivity contribution in [2.75, 3.05) is 13.2 Å². The van der Waals surface area contributed by atoms with Crippen molar-refractivity contribution in [3.05, 3.63) is 35.9 Å². The van der Waals surface area contributed by atoms with E-state index in [1.54, 1.807) is 0 Å². The summed E-state index contributed by atoms with van der Waals surface area (Å²) in [7, 11) is 0. The molecule has 0 aliphatic heterocycles. The molecule has 3 N–H and O–H groups in total. The van der Waals surface area contributed by atoms with Crippen molar-refractivity contribution in [3.8, 4) is 0 Å². The highest BCUT2D eigenvalue weighted by Gasteiger charge is 2.14. The van der Waals surface area contributed by atoms with Crippen LogP contribution in [0.2, 0.25) is 0 Å². The molecule has 1 atom stereocenters. The zero-order valence-electron chi connectivity index (χ0n) is 13.2. The van der Waals surface area contributed by atoms with Crippen LogP contribution in [0, 0.1) is 0 Å². The van der Waals surface area contributed by atoms with Gasteiger partial charge >= 0.3 is 5.97 Å². The number of nitrogens with two attached hydrogens (primary N) is 1. The van der Waals surface area contributed by atoms with Gasteiger partial charge in [-0.3, -0.25) is 9.59 Å². The molecule has 1 rings (SSSR count). The summed E-state index contributed by atoms with van der Waals surface area (Å²) in [4.78, 5) is 22.1. The van der Waals surface area contributed by atoms with Gasteiger partial charge in [-0.2, -0.15) is 0 Å². The van der Waals surface area contributed by atoms with Gasteiger partial charge in [-0.1, -0.05) is 43.2 Å².